The van der Waals surface area contributed by atoms with Crippen LogP contribution in [0.15, 0.2) is 164 Å². The van der Waals surface area contributed by atoms with E-state index in [0.717, 1.165) is 50.2 Å². The first-order valence-electron chi connectivity index (χ1n) is 19.0. The fraction of sp³-hybridized carbons (Fsp3) is 0.137. The van der Waals surface area contributed by atoms with Gasteiger partial charge in [0.1, 0.15) is 17.1 Å². The lowest BCUT2D eigenvalue weighted by Crippen LogP contribution is -2.36. The summed E-state index contributed by atoms with van der Waals surface area (Å²) in [5.41, 5.74) is 4.84. The minimum Gasteiger partial charge on any atom is -0.497 e. The largest absolute Gasteiger partial charge is 0.497 e. The molecule has 0 fully saturated rings. The molecule has 0 saturated heterocycles. The third kappa shape index (κ3) is 6.29. The summed E-state index contributed by atoms with van der Waals surface area (Å²) >= 11 is 0. The van der Waals surface area contributed by atoms with Gasteiger partial charge in [0, 0.05) is 29.2 Å². The van der Waals surface area contributed by atoms with Crippen LogP contribution in [0, 0.1) is 11.8 Å². The highest BCUT2D eigenvalue weighted by Crippen LogP contribution is 2.42. The first kappa shape index (κ1) is 35.1. The highest BCUT2D eigenvalue weighted by molar-refractivity contribution is 6.23. The third-order valence-electron chi connectivity index (χ3n) is 11.0. The molecule has 1 aromatic heterocycles. The zero-order valence-corrected chi connectivity index (χ0v) is 31.4. The monoisotopic (exact) mass is 731 g/mol. The van der Waals surface area contributed by atoms with E-state index in [1.54, 1.807) is 14.2 Å². The minimum atomic E-state index is -1.01. The van der Waals surface area contributed by atoms with Gasteiger partial charge in [-0.25, -0.2) is 0 Å². The molecule has 0 unspecified atom stereocenters. The number of nitrogens with zero attached hydrogens (tertiary/aromatic N) is 1. The summed E-state index contributed by atoms with van der Waals surface area (Å²) in [7, 11) is 3.32. The van der Waals surface area contributed by atoms with Gasteiger partial charge in [0.25, 0.3) is 0 Å². The molecule has 0 aliphatic rings. The molecule has 0 aliphatic heterocycles. The van der Waals surface area contributed by atoms with Crippen molar-refractivity contribution in [2.24, 2.45) is 0 Å². The molecular formula is C51H41NO4. The molecule has 8 aromatic carbocycles. The normalized spacial score (nSPS) is 12.3. The van der Waals surface area contributed by atoms with Crippen LogP contribution >= 0.6 is 0 Å². The molecule has 0 amide bonds. The fourth-order valence-corrected chi connectivity index (χ4v) is 8.18. The van der Waals surface area contributed by atoms with Crippen molar-refractivity contribution in [2.45, 2.75) is 24.7 Å². The molecule has 5 nitrogen and oxygen atoms in total. The molecule has 1 N–H and O–H groups in total. The molecular weight excluding hydrogens is 691 g/mol. The molecule has 9 rings (SSSR count). The number of ether oxygens (including phenoxy) is 3. The Morgan fingerprint density at radius 1 is 0.554 bits per heavy atom. The van der Waals surface area contributed by atoms with Crippen molar-refractivity contribution >= 4 is 43.2 Å². The number of rotatable bonds is 11. The van der Waals surface area contributed by atoms with Crippen LogP contribution < -0.4 is 9.47 Å². The number of aryl methyl sites for hydroxylation is 1. The van der Waals surface area contributed by atoms with Gasteiger partial charge in [0.15, 0.2) is 0 Å². The van der Waals surface area contributed by atoms with Crippen molar-refractivity contribution in [3.8, 4) is 23.3 Å². The lowest BCUT2D eigenvalue weighted by molar-refractivity contribution is -0.0409. The molecule has 56 heavy (non-hydrogen) atoms. The first-order valence-corrected chi connectivity index (χ1v) is 19.0. The Labute approximate surface area is 326 Å². The van der Waals surface area contributed by atoms with Crippen molar-refractivity contribution in [2.75, 3.05) is 20.8 Å². The number of aromatic nitrogens is 1. The SMILES string of the molecule is COc1ccc(C(OC[C@@H](O)CCn2cc(C#Cc3ccc4ccc5cccc6ccc3c4c56)c3ccccc32)(c2ccccc2)c2ccc(OC)cc2)cc1. The van der Waals surface area contributed by atoms with Crippen molar-refractivity contribution in [3.63, 3.8) is 0 Å². The highest BCUT2D eigenvalue weighted by atomic mass is 16.5. The number of fused-ring (bicyclic) bond motifs is 1. The molecule has 1 atom stereocenters. The summed E-state index contributed by atoms with van der Waals surface area (Å²) < 4.78 is 20.2. The van der Waals surface area contributed by atoms with E-state index < -0.39 is 11.7 Å². The molecule has 0 saturated carbocycles. The van der Waals surface area contributed by atoms with Gasteiger partial charge in [-0.1, -0.05) is 133 Å². The van der Waals surface area contributed by atoms with Gasteiger partial charge in [-0.2, -0.15) is 0 Å². The Kier molecular flexibility index (Phi) is 9.36. The lowest BCUT2D eigenvalue weighted by atomic mass is 9.80. The van der Waals surface area contributed by atoms with Crippen LogP contribution in [0.25, 0.3) is 43.2 Å². The van der Waals surface area contributed by atoms with Crippen LogP contribution in [-0.2, 0) is 16.9 Å². The van der Waals surface area contributed by atoms with Crippen LogP contribution in [0.3, 0.4) is 0 Å². The Bertz CT molecular complexity index is 2780. The number of aliphatic hydroxyl groups is 1. The van der Waals surface area contributed by atoms with Gasteiger partial charge in [0.05, 0.1) is 32.5 Å². The second-order valence-corrected chi connectivity index (χ2v) is 14.2. The van der Waals surface area contributed by atoms with Crippen LogP contribution in [-0.4, -0.2) is 36.6 Å². The van der Waals surface area contributed by atoms with Gasteiger partial charge < -0.3 is 23.9 Å². The standard InChI is InChI=1S/C51H41NO4/c1-54-44-26-22-41(23-27-44)51(40-11-4-3-5-12-40,42-24-28-45(55-2)29-25-42)56-34-43(53)31-32-52-33-39(46-13-6-7-14-48(46)52)20-16-35-15-17-38-19-18-36-9-8-10-37-21-30-47(35)50(38)49(36)37/h3-15,17-19,21-30,33,43,53H,31-32,34H2,1-2H3/t43-/m0/s1. The van der Waals surface area contributed by atoms with Crippen molar-refractivity contribution in [1.29, 1.82) is 0 Å². The number of aliphatic hydroxyl groups excluding tert-OH is 1. The number of methoxy groups -OCH3 is 2. The van der Waals surface area contributed by atoms with Crippen LogP contribution in [0.2, 0.25) is 0 Å². The van der Waals surface area contributed by atoms with Gasteiger partial charge >= 0.3 is 0 Å². The Hall–Kier alpha value is -6.58. The number of para-hydroxylation sites is 1. The molecule has 0 radical (unpaired) electrons. The van der Waals surface area contributed by atoms with Crippen LogP contribution in [0.5, 0.6) is 11.5 Å². The van der Waals surface area contributed by atoms with E-state index in [9.17, 15) is 5.11 Å². The molecule has 5 heteroatoms. The number of hydrogen-bond acceptors (Lipinski definition) is 4. The zero-order valence-electron chi connectivity index (χ0n) is 31.4. The van der Waals surface area contributed by atoms with Crippen LogP contribution in [0.4, 0.5) is 0 Å². The van der Waals surface area contributed by atoms with E-state index >= 15 is 0 Å². The van der Waals surface area contributed by atoms with E-state index in [4.69, 9.17) is 14.2 Å². The van der Waals surface area contributed by atoms with E-state index in [-0.39, 0.29) is 6.61 Å². The van der Waals surface area contributed by atoms with Gasteiger partial charge in [0.2, 0.25) is 0 Å². The summed E-state index contributed by atoms with van der Waals surface area (Å²) in [6, 6.07) is 54.0. The second-order valence-electron chi connectivity index (χ2n) is 14.2. The molecule has 9 aromatic rings. The van der Waals surface area contributed by atoms with E-state index in [1.807, 2.05) is 66.7 Å². The predicted octanol–water partition coefficient (Wildman–Crippen LogP) is 10.7. The molecule has 1 heterocycles. The topological polar surface area (TPSA) is 52.8 Å². The quantitative estimate of drug-likeness (QED) is 0.0818. The Balaban J connectivity index is 1.00. The van der Waals surface area contributed by atoms with Gasteiger partial charge in [-0.3, -0.25) is 0 Å². The first-order chi connectivity index (χ1) is 27.6. The summed E-state index contributed by atoms with van der Waals surface area (Å²) in [6.45, 7) is 0.697. The zero-order chi connectivity index (χ0) is 38.1. The van der Waals surface area contributed by atoms with Crippen molar-refractivity contribution in [1.82, 2.24) is 4.57 Å². The number of benzene rings is 8. The Morgan fingerprint density at radius 3 is 1.80 bits per heavy atom. The van der Waals surface area contributed by atoms with E-state index in [1.165, 1.54) is 32.3 Å². The maximum absolute atomic E-state index is 11.6. The maximum atomic E-state index is 11.6. The smallest absolute Gasteiger partial charge is 0.143 e. The van der Waals surface area contributed by atoms with E-state index in [2.05, 4.69) is 114 Å². The average Bonchev–Trinajstić information content (AvgIpc) is 3.62. The summed E-state index contributed by atoms with van der Waals surface area (Å²) in [4.78, 5) is 0. The van der Waals surface area contributed by atoms with Crippen molar-refractivity contribution in [3.05, 3.63) is 192 Å². The summed E-state index contributed by atoms with van der Waals surface area (Å²) in [5.74, 6) is 8.57. The van der Waals surface area contributed by atoms with Gasteiger partial charge in [-0.05, 0) is 91.8 Å². The minimum absolute atomic E-state index is 0.105. The van der Waals surface area contributed by atoms with Crippen LogP contribution in [0.1, 0.15) is 34.2 Å². The Morgan fingerprint density at radius 2 is 1.12 bits per heavy atom. The lowest BCUT2D eigenvalue weighted by Gasteiger charge is -2.36. The third-order valence-corrected chi connectivity index (χ3v) is 11.0. The highest BCUT2D eigenvalue weighted by Gasteiger charge is 2.38. The molecule has 0 spiro atoms. The second kappa shape index (κ2) is 14.9. The molecule has 274 valence electrons. The summed E-state index contributed by atoms with van der Waals surface area (Å²) in [5, 5.41) is 20.1. The van der Waals surface area contributed by atoms with E-state index in [0.29, 0.717) is 13.0 Å². The average molecular weight is 732 g/mol. The van der Waals surface area contributed by atoms with Gasteiger partial charge in [-0.15, -0.1) is 0 Å². The summed E-state index contributed by atoms with van der Waals surface area (Å²) in [6.07, 6.45) is 1.85. The molecule has 0 aliphatic carbocycles. The van der Waals surface area contributed by atoms with Crippen molar-refractivity contribution < 1.29 is 19.3 Å². The fourth-order valence-electron chi connectivity index (χ4n) is 8.18. The maximum Gasteiger partial charge on any atom is 0.143 e. The predicted molar refractivity (Wildman–Crippen MR) is 227 cm³/mol. The number of hydrogen-bond donors (Lipinski definition) is 1. The molecule has 0 bridgehead atoms.